The van der Waals surface area contributed by atoms with Crippen LogP contribution in [-0.2, 0) is 0 Å². The zero-order valence-electron chi connectivity index (χ0n) is 10.9. The van der Waals surface area contributed by atoms with Crippen LogP contribution in [0.4, 0.5) is 5.69 Å². The molecule has 1 aromatic carbocycles. The van der Waals surface area contributed by atoms with Crippen molar-refractivity contribution in [2.75, 3.05) is 5.32 Å². The van der Waals surface area contributed by atoms with Crippen LogP contribution in [0.2, 0.25) is 0 Å². The number of nitrogens with zero attached hydrogens (tertiary/aromatic N) is 1. The van der Waals surface area contributed by atoms with Crippen molar-refractivity contribution in [1.82, 2.24) is 0 Å². The lowest BCUT2D eigenvalue weighted by atomic mass is 9.97. The first kappa shape index (κ1) is 12.9. The number of nitrogens with two attached hydrogens (primary N) is 1. The molecule has 0 unspecified atom stereocenters. The summed E-state index contributed by atoms with van der Waals surface area (Å²) in [5, 5.41) is 3.15. The van der Waals surface area contributed by atoms with Gasteiger partial charge in [0, 0.05) is 5.69 Å². The predicted molar refractivity (Wildman–Crippen MR) is 77.8 cm³/mol. The Labute approximate surface area is 109 Å². The highest BCUT2D eigenvalue weighted by atomic mass is 15.1. The molecule has 0 bridgehead atoms. The van der Waals surface area contributed by atoms with Crippen molar-refractivity contribution >= 4 is 11.6 Å². The van der Waals surface area contributed by atoms with Gasteiger partial charge < -0.3 is 11.1 Å². The van der Waals surface area contributed by atoms with Crippen molar-refractivity contribution in [1.29, 1.82) is 0 Å². The van der Waals surface area contributed by atoms with Crippen molar-refractivity contribution in [3.05, 3.63) is 30.3 Å². The lowest BCUT2D eigenvalue weighted by Gasteiger charge is -2.17. The Balaban J connectivity index is 1.90. The highest BCUT2D eigenvalue weighted by Crippen LogP contribution is 2.19. The normalized spacial score (nSPS) is 19.0. The van der Waals surface area contributed by atoms with Crippen molar-refractivity contribution in [3.63, 3.8) is 0 Å². The third-order valence-electron chi connectivity index (χ3n) is 3.44. The third kappa shape index (κ3) is 4.40. The molecule has 1 fully saturated rings. The summed E-state index contributed by atoms with van der Waals surface area (Å²) in [4.78, 5) is 4.62. The highest BCUT2D eigenvalue weighted by molar-refractivity contribution is 5.92. The fourth-order valence-corrected chi connectivity index (χ4v) is 2.46. The summed E-state index contributed by atoms with van der Waals surface area (Å²) in [6, 6.07) is 10.4. The lowest BCUT2D eigenvalue weighted by molar-refractivity contribution is 0.455. The molecule has 0 heterocycles. The van der Waals surface area contributed by atoms with Crippen LogP contribution in [0.25, 0.3) is 0 Å². The molecule has 1 aliphatic rings. The zero-order chi connectivity index (χ0) is 12.6. The van der Waals surface area contributed by atoms with E-state index in [1.807, 2.05) is 30.3 Å². The minimum Gasteiger partial charge on any atom is -0.370 e. The average molecular weight is 245 g/mol. The number of para-hydroxylation sites is 1. The van der Waals surface area contributed by atoms with Crippen LogP contribution in [0.15, 0.2) is 35.3 Å². The maximum absolute atomic E-state index is 5.97. The van der Waals surface area contributed by atoms with E-state index in [9.17, 15) is 0 Å². The molecule has 1 aromatic rings. The zero-order valence-corrected chi connectivity index (χ0v) is 10.9. The second-order valence-electron chi connectivity index (χ2n) is 5.00. The van der Waals surface area contributed by atoms with Crippen molar-refractivity contribution in [2.45, 2.75) is 51.0 Å². The van der Waals surface area contributed by atoms with Gasteiger partial charge in [0.05, 0.1) is 6.04 Å². The summed E-state index contributed by atoms with van der Waals surface area (Å²) in [5.41, 5.74) is 6.97. The molecular weight excluding hydrogens is 222 g/mol. The molecule has 0 saturated heterocycles. The van der Waals surface area contributed by atoms with Gasteiger partial charge in [-0.25, -0.2) is 4.99 Å². The molecule has 3 heteroatoms. The van der Waals surface area contributed by atoms with Gasteiger partial charge in [-0.2, -0.15) is 0 Å². The number of hydrogen-bond donors (Lipinski definition) is 2. The summed E-state index contributed by atoms with van der Waals surface area (Å²) >= 11 is 0. The van der Waals surface area contributed by atoms with Gasteiger partial charge in [0.25, 0.3) is 0 Å². The minimum absolute atomic E-state index is 0.404. The second-order valence-corrected chi connectivity index (χ2v) is 5.00. The summed E-state index contributed by atoms with van der Waals surface area (Å²) in [7, 11) is 0. The first-order chi connectivity index (χ1) is 8.84. The number of benzene rings is 1. The minimum atomic E-state index is 0.404. The predicted octanol–water partition coefficient (Wildman–Crippen LogP) is 3.53. The van der Waals surface area contributed by atoms with Crippen LogP contribution in [0.1, 0.15) is 44.9 Å². The largest absolute Gasteiger partial charge is 0.370 e. The molecule has 0 atom stereocenters. The van der Waals surface area contributed by atoms with Crippen LogP contribution >= 0.6 is 0 Å². The Kier molecular flexibility index (Phi) is 5.06. The van der Waals surface area contributed by atoms with Crippen LogP contribution < -0.4 is 11.1 Å². The second kappa shape index (κ2) is 7.04. The smallest absolute Gasteiger partial charge is 0.193 e. The molecule has 0 spiro atoms. The Bertz CT molecular complexity index is 365. The molecule has 3 N–H and O–H groups in total. The highest BCUT2D eigenvalue weighted by Gasteiger charge is 2.10. The van der Waals surface area contributed by atoms with E-state index in [1.54, 1.807) is 0 Å². The SMILES string of the molecule is NC(=NC1CCCCCCC1)Nc1ccccc1. The Morgan fingerprint density at radius 2 is 1.61 bits per heavy atom. The summed E-state index contributed by atoms with van der Waals surface area (Å²) in [5.74, 6) is 0.548. The summed E-state index contributed by atoms with van der Waals surface area (Å²) in [6.45, 7) is 0. The van der Waals surface area contributed by atoms with Gasteiger partial charge in [-0.1, -0.05) is 50.3 Å². The van der Waals surface area contributed by atoms with E-state index in [-0.39, 0.29) is 0 Å². The molecule has 18 heavy (non-hydrogen) atoms. The van der Waals surface area contributed by atoms with Gasteiger partial charge in [-0.3, -0.25) is 0 Å². The summed E-state index contributed by atoms with van der Waals surface area (Å²) < 4.78 is 0. The molecule has 0 radical (unpaired) electrons. The monoisotopic (exact) mass is 245 g/mol. The Hall–Kier alpha value is -1.51. The maximum Gasteiger partial charge on any atom is 0.193 e. The standard InChI is InChI=1S/C15H23N3/c16-15(18-14-11-7-4-8-12-14)17-13-9-5-2-1-3-6-10-13/h4,7-8,11-13H,1-3,5-6,9-10H2,(H3,16,17,18). The van der Waals surface area contributed by atoms with E-state index >= 15 is 0 Å². The number of hydrogen-bond acceptors (Lipinski definition) is 1. The molecule has 1 saturated carbocycles. The molecule has 0 aromatic heterocycles. The molecule has 0 aliphatic heterocycles. The first-order valence-electron chi connectivity index (χ1n) is 7.00. The number of anilines is 1. The molecule has 98 valence electrons. The van der Waals surface area contributed by atoms with E-state index in [2.05, 4.69) is 10.3 Å². The van der Waals surface area contributed by atoms with E-state index in [0.717, 1.165) is 5.69 Å². The van der Waals surface area contributed by atoms with Gasteiger partial charge in [-0.05, 0) is 25.0 Å². The van der Waals surface area contributed by atoms with Gasteiger partial charge in [0.1, 0.15) is 0 Å². The van der Waals surface area contributed by atoms with Crippen molar-refractivity contribution in [3.8, 4) is 0 Å². The van der Waals surface area contributed by atoms with Gasteiger partial charge in [-0.15, -0.1) is 0 Å². The average Bonchev–Trinajstić information content (AvgIpc) is 2.34. The van der Waals surface area contributed by atoms with Gasteiger partial charge >= 0.3 is 0 Å². The van der Waals surface area contributed by atoms with Crippen LogP contribution in [0.5, 0.6) is 0 Å². The number of aliphatic imine (C=N–C) groups is 1. The number of guanidine groups is 1. The fraction of sp³-hybridized carbons (Fsp3) is 0.533. The quantitative estimate of drug-likeness (QED) is 0.618. The van der Waals surface area contributed by atoms with Gasteiger partial charge in [0.2, 0.25) is 0 Å². The number of nitrogens with one attached hydrogen (secondary N) is 1. The molecule has 1 aliphatic carbocycles. The summed E-state index contributed by atoms with van der Waals surface area (Å²) in [6.07, 6.45) is 9.00. The topological polar surface area (TPSA) is 50.4 Å². The molecule has 2 rings (SSSR count). The molecule has 3 nitrogen and oxygen atoms in total. The maximum atomic E-state index is 5.97. The number of rotatable bonds is 2. The van der Waals surface area contributed by atoms with Crippen LogP contribution in [0, 0.1) is 0 Å². The van der Waals surface area contributed by atoms with E-state index in [1.165, 1.54) is 44.9 Å². The van der Waals surface area contributed by atoms with E-state index in [4.69, 9.17) is 5.73 Å². The van der Waals surface area contributed by atoms with Crippen LogP contribution in [0.3, 0.4) is 0 Å². The van der Waals surface area contributed by atoms with Crippen molar-refractivity contribution in [2.24, 2.45) is 10.7 Å². The molecular formula is C15H23N3. The van der Waals surface area contributed by atoms with Gasteiger partial charge in [0.15, 0.2) is 5.96 Å². The van der Waals surface area contributed by atoms with Crippen molar-refractivity contribution < 1.29 is 0 Å². The Morgan fingerprint density at radius 1 is 1.00 bits per heavy atom. The van der Waals surface area contributed by atoms with E-state index in [0.29, 0.717) is 12.0 Å². The first-order valence-corrected chi connectivity index (χ1v) is 7.00. The van der Waals surface area contributed by atoms with E-state index < -0.39 is 0 Å². The molecule has 0 amide bonds. The Morgan fingerprint density at radius 3 is 2.28 bits per heavy atom. The fourth-order valence-electron chi connectivity index (χ4n) is 2.46. The van der Waals surface area contributed by atoms with Crippen LogP contribution in [-0.4, -0.2) is 12.0 Å². The third-order valence-corrected chi connectivity index (χ3v) is 3.44. The lowest BCUT2D eigenvalue weighted by Crippen LogP contribution is -2.25.